The molecule has 0 bridgehead atoms. The number of imidazole rings is 1. The molecular weight excluding hydrogens is 473 g/mol. The Morgan fingerprint density at radius 3 is 2.69 bits per heavy atom. The van der Waals surface area contributed by atoms with Crippen molar-refractivity contribution in [2.24, 2.45) is 11.3 Å². The van der Waals surface area contributed by atoms with Crippen LogP contribution in [0, 0.1) is 17.2 Å². The minimum Gasteiger partial charge on any atom is -0.348 e. The van der Waals surface area contributed by atoms with Crippen molar-refractivity contribution in [2.45, 2.75) is 44.6 Å². The molecule has 1 spiro atoms. The van der Waals surface area contributed by atoms with Crippen molar-refractivity contribution in [3.63, 3.8) is 0 Å². The molecule has 2 amide bonds. The fourth-order valence-electron chi connectivity index (χ4n) is 5.78. The number of carbonyl (C=O) groups excluding carboxylic acids is 3. The lowest BCUT2D eigenvalue weighted by Gasteiger charge is -2.36. The second kappa shape index (κ2) is 9.35. The zero-order chi connectivity index (χ0) is 24.7. The fraction of sp³-hybridized carbons (Fsp3) is 0.520. The minimum absolute atomic E-state index is 0.0128. The Balaban J connectivity index is 1.18. The number of benzene rings is 1. The summed E-state index contributed by atoms with van der Waals surface area (Å²) in [6.45, 7) is 2.30. The van der Waals surface area contributed by atoms with Crippen LogP contribution in [0.25, 0.3) is 0 Å². The van der Waals surface area contributed by atoms with Crippen LogP contribution in [-0.4, -0.2) is 65.2 Å². The van der Waals surface area contributed by atoms with E-state index in [9.17, 15) is 18.8 Å². The lowest BCUT2D eigenvalue weighted by Crippen LogP contribution is -2.45. The van der Waals surface area contributed by atoms with Crippen LogP contribution in [0.15, 0.2) is 24.5 Å². The summed E-state index contributed by atoms with van der Waals surface area (Å²) in [4.78, 5) is 49.7. The third-order valence-electron chi connectivity index (χ3n) is 7.74. The van der Waals surface area contributed by atoms with Gasteiger partial charge < -0.3 is 20.1 Å². The molecule has 1 aromatic heterocycles. The predicted molar refractivity (Wildman–Crippen MR) is 129 cm³/mol. The van der Waals surface area contributed by atoms with Gasteiger partial charge in [0, 0.05) is 32.1 Å². The first-order valence-corrected chi connectivity index (χ1v) is 12.5. The molecule has 0 atom stereocenters. The lowest BCUT2D eigenvalue weighted by atomic mass is 9.71. The maximum atomic E-state index is 13.4. The number of hydrogen-bond donors (Lipinski definition) is 2. The van der Waals surface area contributed by atoms with Gasteiger partial charge in [-0.2, -0.15) is 0 Å². The highest BCUT2D eigenvalue weighted by Crippen LogP contribution is 2.47. The second-order valence-electron chi connectivity index (χ2n) is 10.2. The van der Waals surface area contributed by atoms with Crippen molar-refractivity contribution in [3.05, 3.63) is 46.8 Å². The summed E-state index contributed by atoms with van der Waals surface area (Å²) in [6.07, 6.45) is 5.10. The topological polar surface area (TPSA) is 98.4 Å². The number of nitrogens with one attached hydrogen (secondary N) is 2. The summed E-state index contributed by atoms with van der Waals surface area (Å²) in [5.74, 6) is -0.570. The van der Waals surface area contributed by atoms with Gasteiger partial charge in [-0.25, -0.2) is 9.37 Å². The van der Waals surface area contributed by atoms with E-state index in [1.165, 1.54) is 18.5 Å². The third kappa shape index (κ3) is 4.59. The molecule has 10 heteroatoms. The third-order valence-corrected chi connectivity index (χ3v) is 8.04. The zero-order valence-electron chi connectivity index (χ0n) is 19.7. The van der Waals surface area contributed by atoms with Crippen molar-refractivity contribution < 1.29 is 18.8 Å². The molecule has 1 aromatic carbocycles. The number of likely N-dealkylation sites (tertiary alicyclic amines) is 1. The molecule has 8 nitrogen and oxygen atoms in total. The number of ketones is 1. The number of aromatic nitrogens is 2. The summed E-state index contributed by atoms with van der Waals surface area (Å²) in [5.41, 5.74) is 0.457. The number of hydrogen-bond acceptors (Lipinski definition) is 5. The smallest absolute Gasteiger partial charge is 0.270 e. The van der Waals surface area contributed by atoms with E-state index >= 15 is 0 Å². The number of anilines is 1. The molecule has 186 valence electrons. The van der Waals surface area contributed by atoms with E-state index in [1.807, 2.05) is 7.05 Å². The standard InChI is InChI=1S/C25H29ClFN5O3/c1-31-12-15(13-31)10-20(33)21-22(29-14-28-21)23(34)30-17-4-6-25(7-5-17)8-9-32(24(25)35)19-3-2-16(27)11-18(19)26/h2-3,11,14-15,17H,4-10,12-13H2,1H3,(H,28,29)(H,30,34). The Bertz CT molecular complexity index is 1150. The molecule has 1 aliphatic carbocycles. The molecule has 3 heterocycles. The first-order valence-electron chi connectivity index (χ1n) is 12.1. The van der Waals surface area contributed by atoms with E-state index in [4.69, 9.17) is 11.6 Å². The molecule has 2 saturated heterocycles. The van der Waals surface area contributed by atoms with Gasteiger partial charge in [0.15, 0.2) is 5.78 Å². The van der Waals surface area contributed by atoms with E-state index < -0.39 is 11.2 Å². The fourth-order valence-corrected chi connectivity index (χ4v) is 6.05. The van der Waals surface area contributed by atoms with Crippen LogP contribution in [0.1, 0.15) is 59.5 Å². The van der Waals surface area contributed by atoms with Gasteiger partial charge in [-0.3, -0.25) is 14.4 Å². The van der Waals surface area contributed by atoms with E-state index in [2.05, 4.69) is 20.2 Å². The van der Waals surface area contributed by atoms with E-state index in [0.717, 1.165) is 13.1 Å². The highest BCUT2D eigenvalue weighted by Gasteiger charge is 2.49. The molecule has 3 fully saturated rings. The number of carbonyl (C=O) groups is 3. The van der Waals surface area contributed by atoms with Gasteiger partial charge in [-0.05, 0) is 63.3 Å². The zero-order valence-corrected chi connectivity index (χ0v) is 20.4. The SMILES string of the molecule is CN1CC(CC(=O)c2nc[nH]c2C(=O)NC2CCC3(CC2)CCN(c2ccc(F)cc2Cl)C3=O)C1. The van der Waals surface area contributed by atoms with Crippen LogP contribution in [0.2, 0.25) is 5.02 Å². The predicted octanol–water partition coefficient (Wildman–Crippen LogP) is 3.43. The number of amides is 2. The van der Waals surface area contributed by atoms with Gasteiger partial charge in [0.2, 0.25) is 5.91 Å². The molecular formula is C25H29ClFN5O3. The number of Topliss-reactive ketones (excluding diaryl/α,β-unsaturated/α-hetero) is 1. The van der Waals surface area contributed by atoms with Crippen molar-refractivity contribution in [1.82, 2.24) is 20.2 Å². The van der Waals surface area contributed by atoms with E-state index in [1.54, 1.807) is 11.0 Å². The molecule has 0 unspecified atom stereocenters. The van der Waals surface area contributed by atoms with Crippen molar-refractivity contribution in [2.75, 3.05) is 31.6 Å². The summed E-state index contributed by atoms with van der Waals surface area (Å²) >= 11 is 6.20. The molecule has 2 aromatic rings. The highest BCUT2D eigenvalue weighted by molar-refractivity contribution is 6.34. The van der Waals surface area contributed by atoms with Crippen LogP contribution < -0.4 is 10.2 Å². The van der Waals surface area contributed by atoms with Crippen molar-refractivity contribution in [3.8, 4) is 0 Å². The highest BCUT2D eigenvalue weighted by atomic mass is 35.5. The minimum atomic E-state index is -0.482. The summed E-state index contributed by atoms with van der Waals surface area (Å²) in [5, 5.41) is 3.25. The number of H-pyrrole nitrogens is 1. The quantitative estimate of drug-likeness (QED) is 0.591. The van der Waals surface area contributed by atoms with Gasteiger partial charge in [-0.1, -0.05) is 11.6 Å². The summed E-state index contributed by atoms with van der Waals surface area (Å²) in [6, 6.07) is 3.99. The van der Waals surface area contributed by atoms with Gasteiger partial charge in [0.25, 0.3) is 5.91 Å². The number of rotatable bonds is 6. The Hall–Kier alpha value is -2.78. The van der Waals surface area contributed by atoms with Crippen molar-refractivity contribution in [1.29, 1.82) is 0 Å². The van der Waals surface area contributed by atoms with Gasteiger partial charge >= 0.3 is 0 Å². The lowest BCUT2D eigenvalue weighted by molar-refractivity contribution is -0.127. The van der Waals surface area contributed by atoms with E-state index in [-0.39, 0.29) is 40.0 Å². The maximum absolute atomic E-state index is 13.4. The Morgan fingerprint density at radius 1 is 1.26 bits per heavy atom. The maximum Gasteiger partial charge on any atom is 0.270 e. The van der Waals surface area contributed by atoms with Crippen molar-refractivity contribution >= 4 is 34.9 Å². The van der Waals surface area contributed by atoms with Gasteiger partial charge in [0.05, 0.1) is 22.5 Å². The van der Waals surface area contributed by atoms with Crippen LogP contribution in [0.4, 0.5) is 10.1 Å². The van der Waals surface area contributed by atoms with Gasteiger partial charge in [0.1, 0.15) is 17.2 Å². The van der Waals surface area contributed by atoms with Crippen LogP contribution in [0.5, 0.6) is 0 Å². The Morgan fingerprint density at radius 2 is 2.00 bits per heavy atom. The molecule has 5 rings (SSSR count). The Kier molecular flexibility index (Phi) is 6.40. The monoisotopic (exact) mass is 501 g/mol. The largest absolute Gasteiger partial charge is 0.348 e. The van der Waals surface area contributed by atoms with Gasteiger partial charge in [-0.15, -0.1) is 0 Å². The molecule has 2 aliphatic heterocycles. The number of aromatic amines is 1. The second-order valence-corrected chi connectivity index (χ2v) is 10.6. The molecule has 0 radical (unpaired) electrons. The molecule has 35 heavy (non-hydrogen) atoms. The van der Waals surface area contributed by atoms with Crippen LogP contribution in [0.3, 0.4) is 0 Å². The molecule has 3 aliphatic rings. The molecule has 2 N–H and O–H groups in total. The van der Waals surface area contributed by atoms with Crippen LogP contribution >= 0.6 is 11.6 Å². The Labute approximate surface area is 208 Å². The molecule has 1 saturated carbocycles. The summed E-state index contributed by atoms with van der Waals surface area (Å²) in [7, 11) is 2.01. The van der Waals surface area contributed by atoms with Crippen LogP contribution in [-0.2, 0) is 4.79 Å². The first-order chi connectivity index (χ1) is 16.8. The first kappa shape index (κ1) is 23.9. The average molecular weight is 502 g/mol. The number of halogens is 2. The number of nitrogens with zero attached hydrogens (tertiary/aromatic N) is 3. The average Bonchev–Trinajstić information content (AvgIpc) is 3.41. The normalized spacial score (nSPS) is 25.2. The summed E-state index contributed by atoms with van der Waals surface area (Å²) < 4.78 is 13.4. The van der Waals surface area contributed by atoms with E-state index in [0.29, 0.717) is 56.7 Å².